The van der Waals surface area contributed by atoms with E-state index in [1.54, 1.807) is 49.4 Å². The molecular formula is C44H54N6O9S. The van der Waals surface area contributed by atoms with Crippen LogP contribution in [0.5, 0.6) is 0 Å². The van der Waals surface area contributed by atoms with E-state index in [0.29, 0.717) is 23.4 Å². The maximum atomic E-state index is 13.5. The number of nitrogens with zero attached hydrogens (tertiary/aromatic N) is 1. The SMILES string of the molecule is CC.CCc1ccc(NC(=O)\C(=C/C=C/C=C/C(C(=O)NC2=CCC(S(=O)(=O)O)C=C2)=C(\C)N)C(=N)c2ccc(CCC(=O)OCCN3C(=O)C=CC3=O)cc2)cc1.CN. The predicted octanol–water partition coefficient (Wildman–Crippen LogP) is 4.75. The number of hydrogen-bond acceptors (Lipinski definition) is 11. The van der Waals surface area contributed by atoms with Gasteiger partial charge in [0, 0.05) is 41.2 Å². The smallest absolute Gasteiger partial charge is 0.306 e. The molecule has 1 aliphatic heterocycles. The molecule has 4 amide bonds. The molecule has 2 aromatic carbocycles. The van der Waals surface area contributed by atoms with Crippen LogP contribution in [0.2, 0.25) is 0 Å². The number of allylic oxidation sites excluding steroid dienone is 7. The first-order valence-corrected chi connectivity index (χ1v) is 20.7. The summed E-state index contributed by atoms with van der Waals surface area (Å²) in [6, 6.07) is 14.2. The van der Waals surface area contributed by atoms with E-state index >= 15 is 0 Å². The quantitative estimate of drug-likeness (QED) is 0.0317. The van der Waals surface area contributed by atoms with Gasteiger partial charge in [-0.3, -0.25) is 38.8 Å². The second kappa shape index (κ2) is 25.1. The number of carbonyl (C=O) groups excluding carboxylic acids is 5. The molecule has 0 radical (unpaired) electrons. The minimum absolute atomic E-state index is 0.0131. The molecule has 0 fully saturated rings. The minimum atomic E-state index is -4.26. The molecule has 16 heteroatoms. The summed E-state index contributed by atoms with van der Waals surface area (Å²) in [4.78, 5) is 63.0. The molecule has 4 rings (SSSR count). The molecule has 0 aromatic heterocycles. The summed E-state index contributed by atoms with van der Waals surface area (Å²) in [5.74, 6) is -2.48. The van der Waals surface area contributed by atoms with E-state index in [-0.39, 0.29) is 48.5 Å². The van der Waals surface area contributed by atoms with E-state index in [1.807, 2.05) is 32.9 Å². The first kappa shape index (κ1) is 49.7. The van der Waals surface area contributed by atoms with E-state index in [2.05, 4.69) is 16.4 Å². The lowest BCUT2D eigenvalue weighted by Crippen LogP contribution is -2.33. The van der Waals surface area contributed by atoms with Gasteiger partial charge in [-0.15, -0.1) is 0 Å². The summed E-state index contributed by atoms with van der Waals surface area (Å²) in [5.41, 5.74) is 14.0. The monoisotopic (exact) mass is 842 g/mol. The number of ether oxygens (including phenoxy) is 1. The van der Waals surface area contributed by atoms with Crippen LogP contribution in [0.3, 0.4) is 0 Å². The summed E-state index contributed by atoms with van der Waals surface area (Å²) in [5, 5.41) is 13.3. The molecule has 1 atom stereocenters. The fourth-order valence-corrected chi connectivity index (χ4v) is 5.99. The van der Waals surface area contributed by atoms with Crippen molar-refractivity contribution in [1.29, 1.82) is 5.41 Å². The lowest BCUT2D eigenvalue weighted by atomic mass is 9.98. The van der Waals surface area contributed by atoms with Crippen molar-refractivity contribution in [2.24, 2.45) is 11.5 Å². The minimum Gasteiger partial charge on any atom is -0.464 e. The molecule has 0 bridgehead atoms. The van der Waals surface area contributed by atoms with E-state index in [0.717, 1.165) is 34.6 Å². The van der Waals surface area contributed by atoms with Crippen LogP contribution in [0.15, 0.2) is 132 Å². The van der Waals surface area contributed by atoms with Gasteiger partial charge in [0.25, 0.3) is 33.7 Å². The number of nitrogens with one attached hydrogen (secondary N) is 3. The predicted molar refractivity (Wildman–Crippen MR) is 233 cm³/mol. The summed E-state index contributed by atoms with van der Waals surface area (Å²) >= 11 is 0. The Morgan fingerprint density at radius 2 is 1.53 bits per heavy atom. The number of rotatable bonds is 17. The fourth-order valence-electron chi connectivity index (χ4n) is 5.38. The van der Waals surface area contributed by atoms with Gasteiger partial charge in [0.05, 0.1) is 23.4 Å². The van der Waals surface area contributed by atoms with Crippen LogP contribution < -0.4 is 22.1 Å². The third kappa shape index (κ3) is 15.7. The van der Waals surface area contributed by atoms with E-state index in [9.17, 15) is 36.9 Å². The highest BCUT2D eigenvalue weighted by molar-refractivity contribution is 7.86. The van der Waals surface area contributed by atoms with Gasteiger partial charge in [0.2, 0.25) is 0 Å². The first-order chi connectivity index (χ1) is 28.7. The third-order valence-electron chi connectivity index (χ3n) is 8.59. The average molecular weight is 843 g/mol. The van der Waals surface area contributed by atoms with Crippen LogP contribution in [-0.2, 0) is 51.7 Å². The Hall–Kier alpha value is -6.49. The highest BCUT2D eigenvalue weighted by atomic mass is 32.2. The van der Waals surface area contributed by atoms with Crippen molar-refractivity contribution in [3.63, 3.8) is 0 Å². The molecule has 0 saturated heterocycles. The second-order valence-electron chi connectivity index (χ2n) is 12.6. The molecular weight excluding hydrogens is 789 g/mol. The number of esters is 1. The molecule has 60 heavy (non-hydrogen) atoms. The molecule has 320 valence electrons. The Bertz CT molecular complexity index is 2180. The molecule has 2 aromatic rings. The van der Waals surface area contributed by atoms with E-state index in [4.69, 9.17) is 15.9 Å². The lowest BCUT2D eigenvalue weighted by Gasteiger charge is -2.15. The maximum Gasteiger partial charge on any atom is 0.306 e. The molecule has 1 unspecified atom stereocenters. The number of aryl methyl sites for hydroxylation is 2. The van der Waals surface area contributed by atoms with Gasteiger partial charge >= 0.3 is 5.97 Å². The Morgan fingerprint density at radius 1 is 0.917 bits per heavy atom. The molecule has 8 N–H and O–H groups in total. The van der Waals surface area contributed by atoms with Crippen LogP contribution >= 0.6 is 0 Å². The van der Waals surface area contributed by atoms with Gasteiger partial charge in [-0.05, 0) is 74.7 Å². The second-order valence-corrected chi connectivity index (χ2v) is 14.3. The Labute approximate surface area is 351 Å². The van der Waals surface area contributed by atoms with E-state index in [1.165, 1.54) is 49.6 Å². The van der Waals surface area contributed by atoms with Crippen molar-refractivity contribution in [1.82, 2.24) is 10.2 Å². The summed E-state index contributed by atoms with van der Waals surface area (Å²) in [6.07, 6.45) is 15.2. The van der Waals surface area contributed by atoms with Gasteiger partial charge in [-0.1, -0.05) is 87.5 Å². The molecule has 0 saturated carbocycles. The highest BCUT2D eigenvalue weighted by Gasteiger charge is 2.24. The number of anilines is 1. The third-order valence-corrected chi connectivity index (χ3v) is 9.71. The number of nitrogens with two attached hydrogens (primary N) is 2. The van der Waals surface area contributed by atoms with Crippen molar-refractivity contribution in [3.05, 3.63) is 149 Å². The molecule has 15 nitrogen and oxygen atoms in total. The zero-order chi connectivity index (χ0) is 44.8. The van der Waals surface area contributed by atoms with Crippen LogP contribution in [0, 0.1) is 5.41 Å². The van der Waals surface area contributed by atoms with Gasteiger partial charge in [-0.2, -0.15) is 8.42 Å². The first-order valence-electron chi connectivity index (χ1n) is 19.2. The Morgan fingerprint density at radius 3 is 2.08 bits per heavy atom. The zero-order valence-corrected chi connectivity index (χ0v) is 35.3. The topological polar surface area (TPSA) is 252 Å². The summed E-state index contributed by atoms with van der Waals surface area (Å²) in [6.45, 7) is 7.42. The molecule has 2 aliphatic rings. The van der Waals surface area contributed by atoms with Crippen molar-refractivity contribution in [2.75, 3.05) is 25.5 Å². The molecule has 1 heterocycles. The van der Waals surface area contributed by atoms with Gasteiger partial charge in [0.15, 0.2) is 0 Å². The van der Waals surface area contributed by atoms with Gasteiger partial charge in [0.1, 0.15) is 11.9 Å². The van der Waals surface area contributed by atoms with Crippen molar-refractivity contribution in [2.45, 2.75) is 58.6 Å². The normalized spacial score (nSPS) is 15.4. The number of benzene rings is 2. The van der Waals surface area contributed by atoms with Crippen molar-refractivity contribution in [3.8, 4) is 0 Å². The number of imide groups is 1. The van der Waals surface area contributed by atoms with Crippen molar-refractivity contribution < 1.29 is 41.7 Å². The van der Waals surface area contributed by atoms with Crippen molar-refractivity contribution >= 4 is 51.1 Å². The summed E-state index contributed by atoms with van der Waals surface area (Å²) < 4.78 is 37.2. The van der Waals surface area contributed by atoms with Gasteiger partial charge in [-0.25, -0.2) is 0 Å². The lowest BCUT2D eigenvalue weighted by molar-refractivity contribution is -0.147. The van der Waals surface area contributed by atoms with Gasteiger partial charge < -0.3 is 26.8 Å². The fraction of sp³-hybridized carbons (Fsp3) is 0.273. The number of carbonyl (C=O) groups is 5. The van der Waals surface area contributed by atoms with Crippen LogP contribution in [0.1, 0.15) is 57.2 Å². The largest absolute Gasteiger partial charge is 0.464 e. The zero-order valence-electron chi connectivity index (χ0n) is 34.4. The van der Waals surface area contributed by atoms with Crippen LogP contribution in [0.4, 0.5) is 5.69 Å². The highest BCUT2D eigenvalue weighted by Crippen LogP contribution is 2.18. The van der Waals surface area contributed by atoms with Crippen LogP contribution in [-0.4, -0.2) is 78.6 Å². The number of amides is 4. The molecule has 1 aliphatic carbocycles. The Kier molecular flexibility index (Phi) is 20.8. The van der Waals surface area contributed by atoms with E-state index < -0.39 is 45.0 Å². The standard InChI is InChI=1S/C41H43N5O9S.C2H6.CH5N/c1-3-28-11-16-31(17-12-28)45-41(51)35(8-6-4-5-7-34(27(2)42)40(50)44-32-18-20-33(21-19-32)56(52,53)54)39(43)30-14-9-29(10-15-30)13-24-38(49)55-26-25-46-36(47)22-23-37(46)48;2*1-2/h4-12,14-20,22-23,33,43H,3,13,21,24-26,42H2,1-2H3,(H,44,50)(H,45,51)(H,52,53,54);1-2H3;2H2,1H3/b6-4+,7-5+,34-27-,35-8-,43-39?;;. The maximum absolute atomic E-state index is 13.5. The Balaban J connectivity index is 0.00000301. The number of hydrogen-bond donors (Lipinski definition) is 6. The average Bonchev–Trinajstić information content (AvgIpc) is 3.56. The van der Waals surface area contributed by atoms with Crippen LogP contribution in [0.25, 0.3) is 0 Å². The summed E-state index contributed by atoms with van der Waals surface area (Å²) in [7, 11) is -2.76. The molecule has 0 spiro atoms.